The Morgan fingerprint density at radius 2 is 1.84 bits per heavy atom. The minimum Gasteiger partial charge on any atom is -0.494 e. The van der Waals surface area contributed by atoms with Crippen LogP contribution >= 0.6 is 0 Å². The Morgan fingerprint density at radius 3 is 2.55 bits per heavy atom. The van der Waals surface area contributed by atoms with Gasteiger partial charge in [-0.05, 0) is 43.3 Å². The van der Waals surface area contributed by atoms with E-state index in [9.17, 15) is 19.1 Å². The van der Waals surface area contributed by atoms with E-state index in [1.165, 1.54) is 45.4 Å². The van der Waals surface area contributed by atoms with E-state index in [-0.39, 0.29) is 35.9 Å². The molecular formula is C27H27FN4O6. The maximum absolute atomic E-state index is 14.2. The summed E-state index contributed by atoms with van der Waals surface area (Å²) in [6.07, 6.45) is 1.63. The number of carbonyl (C=O) groups excluding carboxylic acids is 2. The van der Waals surface area contributed by atoms with Crippen molar-refractivity contribution < 1.29 is 33.3 Å². The van der Waals surface area contributed by atoms with Gasteiger partial charge in [0.15, 0.2) is 18.1 Å². The van der Waals surface area contributed by atoms with Crippen LogP contribution in [0.5, 0.6) is 17.2 Å². The Hall–Kier alpha value is -4.64. The first-order chi connectivity index (χ1) is 18.1. The predicted molar refractivity (Wildman–Crippen MR) is 138 cm³/mol. The van der Waals surface area contributed by atoms with Crippen LogP contribution in [-0.4, -0.2) is 54.3 Å². The molecule has 11 heteroatoms. The number of benzene rings is 2. The highest BCUT2D eigenvalue weighted by atomic mass is 19.1. The van der Waals surface area contributed by atoms with Crippen LogP contribution in [0.4, 0.5) is 4.39 Å². The summed E-state index contributed by atoms with van der Waals surface area (Å²) in [5.41, 5.74) is 5.39. The topological polar surface area (TPSA) is 149 Å². The molecule has 1 atom stereocenters. The molecule has 38 heavy (non-hydrogen) atoms. The first-order valence-corrected chi connectivity index (χ1v) is 11.6. The van der Waals surface area contributed by atoms with Gasteiger partial charge in [-0.15, -0.1) is 0 Å². The lowest BCUT2D eigenvalue weighted by molar-refractivity contribution is -0.119. The molecule has 0 fully saturated rings. The number of amides is 2. The molecule has 0 saturated carbocycles. The number of nitrogens with zero attached hydrogens (tertiary/aromatic N) is 1. The molecule has 198 valence electrons. The SMILES string of the molecule is COc1cc(C(=O)NCC(C)(O)c2ccc(OC)c(-c3c[nH]c4c(F)cccc34)n2)ccc1OCC(N)=O. The number of fused-ring (bicyclic) bond motifs is 1. The summed E-state index contributed by atoms with van der Waals surface area (Å²) in [4.78, 5) is 31.3. The molecule has 2 aromatic heterocycles. The fraction of sp³-hybridized carbons (Fsp3) is 0.222. The number of aliphatic hydroxyl groups is 1. The molecule has 5 N–H and O–H groups in total. The predicted octanol–water partition coefficient (Wildman–Crippen LogP) is 2.89. The first-order valence-electron chi connectivity index (χ1n) is 11.6. The fourth-order valence-electron chi connectivity index (χ4n) is 3.94. The van der Waals surface area contributed by atoms with E-state index in [1.54, 1.807) is 30.5 Å². The third kappa shape index (κ3) is 5.37. The lowest BCUT2D eigenvalue weighted by Gasteiger charge is -2.24. The van der Waals surface area contributed by atoms with Crippen molar-refractivity contribution in [3.8, 4) is 28.5 Å². The van der Waals surface area contributed by atoms with E-state index in [0.29, 0.717) is 27.9 Å². The molecule has 2 heterocycles. The van der Waals surface area contributed by atoms with Crippen molar-refractivity contribution in [1.29, 1.82) is 0 Å². The molecule has 0 aliphatic rings. The van der Waals surface area contributed by atoms with Gasteiger partial charge in [0.2, 0.25) is 0 Å². The van der Waals surface area contributed by atoms with Crippen molar-refractivity contribution in [2.75, 3.05) is 27.4 Å². The molecule has 0 aliphatic carbocycles. The highest BCUT2D eigenvalue weighted by Crippen LogP contribution is 2.36. The van der Waals surface area contributed by atoms with Crippen LogP contribution in [0.1, 0.15) is 23.0 Å². The number of hydrogen-bond acceptors (Lipinski definition) is 7. The number of rotatable bonds is 10. The molecule has 1 unspecified atom stereocenters. The quantitative estimate of drug-likeness (QED) is 0.250. The van der Waals surface area contributed by atoms with Gasteiger partial charge in [0.05, 0.1) is 32.0 Å². The molecule has 0 saturated heterocycles. The summed E-state index contributed by atoms with van der Waals surface area (Å²) in [6, 6.07) is 12.4. The number of methoxy groups -OCH3 is 2. The second-order valence-corrected chi connectivity index (χ2v) is 8.69. The molecular weight excluding hydrogens is 495 g/mol. The lowest BCUT2D eigenvalue weighted by Crippen LogP contribution is -2.39. The summed E-state index contributed by atoms with van der Waals surface area (Å²) in [5.74, 6) is -0.606. The van der Waals surface area contributed by atoms with E-state index in [2.05, 4.69) is 15.3 Å². The number of primary amides is 1. The normalized spacial score (nSPS) is 12.6. The van der Waals surface area contributed by atoms with Crippen LogP contribution in [0.15, 0.2) is 54.7 Å². The number of ether oxygens (including phenoxy) is 3. The summed E-state index contributed by atoms with van der Waals surface area (Å²) < 4.78 is 30.2. The van der Waals surface area contributed by atoms with Crippen molar-refractivity contribution in [2.24, 2.45) is 5.73 Å². The van der Waals surface area contributed by atoms with E-state index in [4.69, 9.17) is 19.9 Å². The van der Waals surface area contributed by atoms with Crippen LogP contribution in [0.3, 0.4) is 0 Å². The Balaban J connectivity index is 1.56. The zero-order chi connectivity index (χ0) is 27.4. The van der Waals surface area contributed by atoms with Crippen molar-refractivity contribution in [1.82, 2.24) is 15.3 Å². The second-order valence-electron chi connectivity index (χ2n) is 8.69. The van der Waals surface area contributed by atoms with Crippen molar-refractivity contribution >= 4 is 22.7 Å². The zero-order valence-corrected chi connectivity index (χ0v) is 21.0. The minimum absolute atomic E-state index is 0.171. The zero-order valence-electron chi connectivity index (χ0n) is 21.0. The van der Waals surface area contributed by atoms with Gasteiger partial charge in [-0.2, -0.15) is 0 Å². The number of nitrogens with one attached hydrogen (secondary N) is 2. The molecule has 0 spiro atoms. The standard InChI is InChI=1S/C27H27FN4O6/c1-27(35,14-31-26(34)15-7-8-19(21(11-15)37-3)38-13-23(29)33)22-10-9-20(36-2)25(32-22)17-12-30-24-16(17)5-4-6-18(24)28/h4-12,30,35H,13-14H2,1-3H3,(H2,29,33)(H,31,34). The lowest BCUT2D eigenvalue weighted by atomic mass is 9.99. The Morgan fingerprint density at radius 1 is 1.11 bits per heavy atom. The summed E-state index contributed by atoms with van der Waals surface area (Å²) >= 11 is 0. The highest BCUT2D eigenvalue weighted by Gasteiger charge is 2.28. The average Bonchev–Trinajstić information content (AvgIpc) is 3.35. The average molecular weight is 523 g/mol. The van der Waals surface area contributed by atoms with Crippen LogP contribution in [0.2, 0.25) is 0 Å². The molecule has 10 nitrogen and oxygen atoms in total. The van der Waals surface area contributed by atoms with Gasteiger partial charge >= 0.3 is 0 Å². The number of pyridine rings is 1. The third-order valence-electron chi connectivity index (χ3n) is 5.94. The van der Waals surface area contributed by atoms with Crippen LogP contribution in [0.25, 0.3) is 22.2 Å². The van der Waals surface area contributed by atoms with Crippen molar-refractivity contribution in [3.63, 3.8) is 0 Å². The number of carbonyl (C=O) groups is 2. The molecule has 4 rings (SSSR count). The number of nitrogens with two attached hydrogens (primary N) is 1. The van der Waals surface area contributed by atoms with E-state index in [1.807, 2.05) is 0 Å². The van der Waals surface area contributed by atoms with Crippen LogP contribution < -0.4 is 25.3 Å². The molecule has 2 amide bonds. The number of H-pyrrole nitrogens is 1. The van der Waals surface area contributed by atoms with Crippen molar-refractivity contribution in [3.05, 3.63) is 71.8 Å². The Kier molecular flexibility index (Phi) is 7.49. The van der Waals surface area contributed by atoms with Gasteiger partial charge in [-0.3, -0.25) is 9.59 Å². The maximum Gasteiger partial charge on any atom is 0.255 e. The van der Waals surface area contributed by atoms with Gasteiger partial charge in [0.1, 0.15) is 22.9 Å². The van der Waals surface area contributed by atoms with Gasteiger partial charge in [0, 0.05) is 22.7 Å². The smallest absolute Gasteiger partial charge is 0.255 e. The van der Waals surface area contributed by atoms with E-state index >= 15 is 0 Å². The number of aromatic amines is 1. The molecule has 0 bridgehead atoms. The number of aromatic nitrogens is 2. The van der Waals surface area contributed by atoms with E-state index in [0.717, 1.165) is 0 Å². The highest BCUT2D eigenvalue weighted by molar-refractivity contribution is 5.96. The second kappa shape index (κ2) is 10.8. The molecule has 0 aliphatic heterocycles. The summed E-state index contributed by atoms with van der Waals surface area (Å²) in [7, 11) is 2.89. The number of halogens is 1. The Bertz CT molecular complexity index is 1500. The summed E-state index contributed by atoms with van der Waals surface area (Å²) in [5, 5.41) is 14.5. The van der Waals surface area contributed by atoms with Gasteiger partial charge in [-0.1, -0.05) is 12.1 Å². The minimum atomic E-state index is -1.57. The summed E-state index contributed by atoms with van der Waals surface area (Å²) in [6.45, 7) is 1.01. The van der Waals surface area contributed by atoms with Crippen LogP contribution in [-0.2, 0) is 10.4 Å². The molecule has 4 aromatic rings. The van der Waals surface area contributed by atoms with Crippen molar-refractivity contribution in [2.45, 2.75) is 12.5 Å². The van der Waals surface area contributed by atoms with Gasteiger partial charge in [0.25, 0.3) is 11.8 Å². The van der Waals surface area contributed by atoms with Gasteiger partial charge in [-0.25, -0.2) is 9.37 Å². The Labute approximate surface area is 217 Å². The number of para-hydroxylation sites is 1. The maximum atomic E-state index is 14.2. The first kappa shape index (κ1) is 26.4. The monoisotopic (exact) mass is 522 g/mol. The molecule has 2 aromatic carbocycles. The van der Waals surface area contributed by atoms with Gasteiger partial charge < -0.3 is 35.4 Å². The van der Waals surface area contributed by atoms with Crippen LogP contribution in [0, 0.1) is 5.82 Å². The number of hydrogen-bond donors (Lipinski definition) is 4. The molecule has 0 radical (unpaired) electrons. The largest absolute Gasteiger partial charge is 0.494 e. The van der Waals surface area contributed by atoms with E-state index < -0.39 is 23.2 Å². The fourth-order valence-corrected chi connectivity index (χ4v) is 3.94. The third-order valence-corrected chi connectivity index (χ3v) is 5.94.